The third-order valence-electron chi connectivity index (χ3n) is 2.87. The maximum absolute atomic E-state index is 12.7. The Bertz CT molecular complexity index is 619. The van der Waals surface area contributed by atoms with Gasteiger partial charge in [-0.3, -0.25) is 4.57 Å². The largest absolute Gasteiger partial charge is 0.495 e. The number of hydrogen-bond donors (Lipinski definition) is 1. The number of ether oxygens (including phenoxy) is 2. The Hall–Kier alpha value is -2.02. The van der Waals surface area contributed by atoms with Crippen molar-refractivity contribution in [2.45, 2.75) is 13.1 Å². The molecule has 1 heterocycles. The topological polar surface area (TPSA) is 48.3 Å². The van der Waals surface area contributed by atoms with Crippen LogP contribution in [0.15, 0.2) is 24.5 Å². The Balaban J connectivity index is 2.21. The Morgan fingerprint density at radius 2 is 2.00 bits per heavy atom. The van der Waals surface area contributed by atoms with Crippen LogP contribution in [0.5, 0.6) is 11.5 Å². The normalized spacial score (nSPS) is 10.8. The third kappa shape index (κ3) is 3.36. The van der Waals surface area contributed by atoms with Gasteiger partial charge in [0.05, 0.1) is 31.5 Å². The average molecular weight is 318 g/mol. The van der Waals surface area contributed by atoms with Gasteiger partial charge >= 0.3 is 6.55 Å². The standard InChI is InChI=1S/C13H14ClF2N3O2/c1-20-10-6-9(11(21-2)5-8(10)14)18-7-12-17-3-4-19(12)13(15)16/h3-6,13,18H,7H2,1-2H3. The molecular weight excluding hydrogens is 304 g/mol. The molecule has 0 bridgehead atoms. The summed E-state index contributed by atoms with van der Waals surface area (Å²) in [5.74, 6) is 1.15. The summed E-state index contributed by atoms with van der Waals surface area (Å²) < 4.78 is 36.6. The van der Waals surface area contributed by atoms with Gasteiger partial charge in [0.2, 0.25) is 0 Å². The maximum Gasteiger partial charge on any atom is 0.319 e. The van der Waals surface area contributed by atoms with Crippen LogP contribution >= 0.6 is 11.6 Å². The van der Waals surface area contributed by atoms with Crippen molar-refractivity contribution in [3.05, 3.63) is 35.4 Å². The van der Waals surface area contributed by atoms with Gasteiger partial charge in [-0.2, -0.15) is 8.78 Å². The summed E-state index contributed by atoms with van der Waals surface area (Å²) in [6.07, 6.45) is 2.55. The maximum atomic E-state index is 12.7. The molecule has 0 saturated heterocycles. The van der Waals surface area contributed by atoms with Crippen molar-refractivity contribution in [3.63, 3.8) is 0 Å². The Labute approximate surface area is 125 Å². The highest BCUT2D eigenvalue weighted by Gasteiger charge is 2.13. The molecule has 1 aromatic heterocycles. The van der Waals surface area contributed by atoms with E-state index in [9.17, 15) is 8.78 Å². The first kappa shape index (κ1) is 15.4. The summed E-state index contributed by atoms with van der Waals surface area (Å²) in [7, 11) is 2.98. The zero-order valence-corrected chi connectivity index (χ0v) is 12.2. The lowest BCUT2D eigenvalue weighted by Gasteiger charge is -2.14. The SMILES string of the molecule is COc1cc(NCc2nccn2C(F)F)c(OC)cc1Cl. The molecule has 0 radical (unpaired) electrons. The highest BCUT2D eigenvalue weighted by molar-refractivity contribution is 6.32. The molecule has 8 heteroatoms. The van der Waals surface area contributed by atoms with Crippen molar-refractivity contribution in [3.8, 4) is 11.5 Å². The van der Waals surface area contributed by atoms with E-state index in [1.807, 2.05) is 0 Å². The van der Waals surface area contributed by atoms with Crippen LogP contribution in [0.2, 0.25) is 5.02 Å². The van der Waals surface area contributed by atoms with E-state index in [2.05, 4.69) is 10.3 Å². The smallest absolute Gasteiger partial charge is 0.319 e. The fourth-order valence-electron chi connectivity index (χ4n) is 1.83. The first-order valence-electron chi connectivity index (χ1n) is 6.02. The van der Waals surface area contributed by atoms with E-state index >= 15 is 0 Å². The summed E-state index contributed by atoms with van der Waals surface area (Å²) in [6.45, 7) is -2.52. The van der Waals surface area contributed by atoms with E-state index < -0.39 is 6.55 Å². The summed E-state index contributed by atoms with van der Waals surface area (Å²) in [6, 6.07) is 3.22. The second-order valence-corrected chi connectivity index (χ2v) is 4.48. The highest BCUT2D eigenvalue weighted by atomic mass is 35.5. The number of methoxy groups -OCH3 is 2. The molecule has 0 aliphatic heterocycles. The summed E-state index contributed by atoms with van der Waals surface area (Å²) >= 11 is 6.00. The monoisotopic (exact) mass is 317 g/mol. The minimum atomic E-state index is -2.63. The van der Waals surface area contributed by atoms with Crippen LogP contribution in [0, 0.1) is 0 Å². The van der Waals surface area contributed by atoms with Gasteiger partial charge in [0.25, 0.3) is 0 Å². The number of anilines is 1. The lowest BCUT2D eigenvalue weighted by atomic mass is 10.2. The second kappa shape index (κ2) is 6.62. The fraction of sp³-hybridized carbons (Fsp3) is 0.308. The molecule has 114 valence electrons. The third-order valence-corrected chi connectivity index (χ3v) is 3.17. The van der Waals surface area contributed by atoms with E-state index in [-0.39, 0.29) is 12.4 Å². The zero-order chi connectivity index (χ0) is 15.4. The van der Waals surface area contributed by atoms with Gasteiger partial charge in [0, 0.05) is 24.5 Å². The molecule has 2 aromatic rings. The van der Waals surface area contributed by atoms with Crippen molar-refractivity contribution in [2.24, 2.45) is 0 Å². The second-order valence-electron chi connectivity index (χ2n) is 4.07. The summed E-state index contributed by atoms with van der Waals surface area (Å²) in [5.41, 5.74) is 0.572. The molecule has 1 N–H and O–H groups in total. The van der Waals surface area contributed by atoms with Gasteiger partial charge in [-0.15, -0.1) is 0 Å². The van der Waals surface area contributed by atoms with Crippen LogP contribution in [0.1, 0.15) is 12.4 Å². The first-order chi connectivity index (χ1) is 10.1. The molecule has 0 fully saturated rings. The van der Waals surface area contributed by atoms with Gasteiger partial charge < -0.3 is 14.8 Å². The number of aromatic nitrogens is 2. The predicted octanol–water partition coefficient (Wildman–Crippen LogP) is 3.56. The van der Waals surface area contributed by atoms with Crippen LogP contribution in [0.3, 0.4) is 0 Å². The number of imidazole rings is 1. The number of halogens is 3. The van der Waals surface area contributed by atoms with Gasteiger partial charge in [-0.25, -0.2) is 4.98 Å². The van der Waals surface area contributed by atoms with Gasteiger partial charge in [0.15, 0.2) is 0 Å². The first-order valence-corrected chi connectivity index (χ1v) is 6.40. The highest BCUT2D eigenvalue weighted by Crippen LogP contribution is 2.36. The number of rotatable bonds is 6. The number of hydrogen-bond acceptors (Lipinski definition) is 4. The number of benzene rings is 1. The van der Waals surface area contributed by atoms with Gasteiger partial charge in [-0.05, 0) is 0 Å². The van der Waals surface area contributed by atoms with Crippen LogP contribution < -0.4 is 14.8 Å². The Kier molecular flexibility index (Phi) is 4.85. The molecule has 5 nitrogen and oxygen atoms in total. The van der Waals surface area contributed by atoms with Gasteiger partial charge in [0.1, 0.15) is 17.3 Å². The van der Waals surface area contributed by atoms with Crippen molar-refractivity contribution in [1.29, 1.82) is 0 Å². The minimum Gasteiger partial charge on any atom is -0.495 e. The van der Waals surface area contributed by atoms with Crippen LogP contribution in [-0.4, -0.2) is 23.8 Å². The van der Waals surface area contributed by atoms with Crippen LogP contribution in [0.4, 0.5) is 14.5 Å². The zero-order valence-electron chi connectivity index (χ0n) is 11.4. The fourth-order valence-corrected chi connectivity index (χ4v) is 2.06. The van der Waals surface area contributed by atoms with Crippen LogP contribution in [0.25, 0.3) is 0 Å². The molecule has 21 heavy (non-hydrogen) atoms. The molecule has 2 rings (SSSR count). The Morgan fingerprint density at radius 1 is 1.29 bits per heavy atom. The lowest BCUT2D eigenvalue weighted by Crippen LogP contribution is -2.09. The molecule has 1 aromatic carbocycles. The summed E-state index contributed by atoms with van der Waals surface area (Å²) in [5, 5.41) is 3.38. The number of nitrogens with one attached hydrogen (secondary N) is 1. The molecule has 0 atom stereocenters. The van der Waals surface area contributed by atoms with Crippen LogP contribution in [-0.2, 0) is 6.54 Å². The Morgan fingerprint density at radius 3 is 2.62 bits per heavy atom. The number of nitrogens with zero attached hydrogens (tertiary/aromatic N) is 2. The molecule has 0 aliphatic rings. The van der Waals surface area contributed by atoms with Crippen molar-refractivity contribution in [2.75, 3.05) is 19.5 Å². The van der Waals surface area contributed by atoms with E-state index in [4.69, 9.17) is 21.1 Å². The summed E-state index contributed by atoms with van der Waals surface area (Å²) in [4.78, 5) is 3.89. The average Bonchev–Trinajstić information content (AvgIpc) is 2.94. The van der Waals surface area contributed by atoms with Crippen molar-refractivity contribution >= 4 is 17.3 Å². The van der Waals surface area contributed by atoms with E-state index in [0.29, 0.717) is 22.2 Å². The van der Waals surface area contributed by atoms with Crippen molar-refractivity contribution in [1.82, 2.24) is 9.55 Å². The van der Waals surface area contributed by atoms with E-state index in [1.165, 1.54) is 26.6 Å². The van der Waals surface area contributed by atoms with Crippen molar-refractivity contribution < 1.29 is 18.3 Å². The van der Waals surface area contributed by atoms with Gasteiger partial charge in [-0.1, -0.05) is 11.6 Å². The van der Waals surface area contributed by atoms with E-state index in [1.54, 1.807) is 12.1 Å². The molecular formula is C13H14ClF2N3O2. The predicted molar refractivity (Wildman–Crippen MR) is 75.4 cm³/mol. The molecule has 0 saturated carbocycles. The lowest BCUT2D eigenvalue weighted by molar-refractivity contribution is 0.0673. The molecule has 0 spiro atoms. The molecule has 0 amide bonds. The van der Waals surface area contributed by atoms with E-state index in [0.717, 1.165) is 4.57 Å². The quantitative estimate of drug-likeness (QED) is 0.885. The molecule has 0 aliphatic carbocycles. The minimum absolute atomic E-state index is 0.110. The molecule has 0 unspecified atom stereocenters. The number of alkyl halides is 2.